The molecule has 1 heterocycles. The molecule has 1 amide bonds. The normalized spacial score (nSPS) is 13.1. The number of carbonyl (C=O) groups is 1. The lowest BCUT2D eigenvalue weighted by molar-refractivity contribution is 0.0945. The molecule has 3 rings (SSSR count). The minimum atomic E-state index is -0.186. The third-order valence-corrected chi connectivity index (χ3v) is 3.41. The Morgan fingerprint density at radius 3 is 2.95 bits per heavy atom. The first kappa shape index (κ1) is 11.8. The Morgan fingerprint density at radius 1 is 1.21 bits per heavy atom. The van der Waals surface area contributed by atoms with Gasteiger partial charge in [0.05, 0.1) is 6.20 Å². The van der Waals surface area contributed by atoms with Crippen molar-refractivity contribution in [3.63, 3.8) is 0 Å². The van der Waals surface area contributed by atoms with Crippen LogP contribution in [-0.2, 0) is 19.4 Å². The van der Waals surface area contributed by atoms with Gasteiger partial charge in [-0.15, -0.1) is 0 Å². The van der Waals surface area contributed by atoms with Gasteiger partial charge in [-0.1, -0.05) is 18.2 Å². The monoisotopic (exact) mass is 253 g/mol. The lowest BCUT2D eigenvalue weighted by Crippen LogP contribution is -2.23. The molecule has 4 heteroatoms. The van der Waals surface area contributed by atoms with Gasteiger partial charge < -0.3 is 5.32 Å². The van der Waals surface area contributed by atoms with Crippen molar-refractivity contribution in [2.75, 3.05) is 0 Å². The van der Waals surface area contributed by atoms with Crippen molar-refractivity contribution in [2.24, 2.45) is 0 Å². The van der Waals surface area contributed by atoms with Crippen LogP contribution in [0.15, 0.2) is 36.8 Å². The van der Waals surface area contributed by atoms with Crippen molar-refractivity contribution in [2.45, 2.75) is 25.8 Å². The van der Waals surface area contributed by atoms with Crippen LogP contribution in [0.1, 0.15) is 33.6 Å². The molecule has 0 saturated heterocycles. The van der Waals surface area contributed by atoms with E-state index in [-0.39, 0.29) is 5.91 Å². The molecule has 0 saturated carbocycles. The SMILES string of the molecule is O=C(NCc1ccc2c(c1)CCC2)c1cnccn1. The maximum absolute atomic E-state index is 11.8. The molecule has 96 valence electrons. The number of aromatic nitrogens is 2. The first-order valence-corrected chi connectivity index (χ1v) is 6.48. The summed E-state index contributed by atoms with van der Waals surface area (Å²) in [6.45, 7) is 0.530. The van der Waals surface area contributed by atoms with Gasteiger partial charge in [0.1, 0.15) is 5.69 Å². The zero-order chi connectivity index (χ0) is 13.1. The first-order chi connectivity index (χ1) is 9.33. The Kier molecular flexibility index (Phi) is 3.23. The summed E-state index contributed by atoms with van der Waals surface area (Å²) in [7, 11) is 0. The van der Waals surface area contributed by atoms with Crippen LogP contribution in [0.3, 0.4) is 0 Å². The Labute approximate surface area is 111 Å². The van der Waals surface area contributed by atoms with E-state index >= 15 is 0 Å². The molecule has 0 spiro atoms. The lowest BCUT2D eigenvalue weighted by atomic mass is 10.1. The van der Waals surface area contributed by atoms with Gasteiger partial charge in [-0.2, -0.15) is 0 Å². The molecule has 0 fully saturated rings. The summed E-state index contributed by atoms with van der Waals surface area (Å²) in [6, 6.07) is 6.45. The van der Waals surface area contributed by atoms with Crippen LogP contribution in [0.2, 0.25) is 0 Å². The average Bonchev–Trinajstić information content (AvgIpc) is 2.93. The first-order valence-electron chi connectivity index (χ1n) is 6.48. The van der Waals surface area contributed by atoms with E-state index in [1.807, 2.05) is 0 Å². The fourth-order valence-electron chi connectivity index (χ4n) is 2.42. The topological polar surface area (TPSA) is 54.9 Å². The van der Waals surface area contributed by atoms with E-state index in [9.17, 15) is 4.79 Å². The van der Waals surface area contributed by atoms with Crippen LogP contribution < -0.4 is 5.32 Å². The van der Waals surface area contributed by atoms with Crippen molar-refractivity contribution < 1.29 is 4.79 Å². The lowest BCUT2D eigenvalue weighted by Gasteiger charge is -2.06. The maximum Gasteiger partial charge on any atom is 0.271 e. The number of nitrogens with one attached hydrogen (secondary N) is 1. The van der Waals surface area contributed by atoms with Gasteiger partial charge in [0.15, 0.2) is 0 Å². The maximum atomic E-state index is 11.8. The summed E-state index contributed by atoms with van der Waals surface area (Å²) in [5, 5.41) is 2.86. The van der Waals surface area contributed by atoms with Gasteiger partial charge in [0.25, 0.3) is 5.91 Å². The number of nitrogens with zero attached hydrogens (tertiary/aromatic N) is 2. The van der Waals surface area contributed by atoms with E-state index in [2.05, 4.69) is 33.5 Å². The molecule has 1 N–H and O–H groups in total. The zero-order valence-corrected chi connectivity index (χ0v) is 10.6. The van der Waals surface area contributed by atoms with Crippen molar-refractivity contribution in [3.05, 3.63) is 59.2 Å². The Bertz CT molecular complexity index is 596. The van der Waals surface area contributed by atoms with Crippen LogP contribution in [0.4, 0.5) is 0 Å². The third kappa shape index (κ3) is 2.62. The summed E-state index contributed by atoms with van der Waals surface area (Å²) in [4.78, 5) is 19.7. The van der Waals surface area contributed by atoms with Crippen molar-refractivity contribution in [3.8, 4) is 0 Å². The molecule has 0 unspecified atom stereocenters. The second kappa shape index (κ2) is 5.18. The van der Waals surface area contributed by atoms with Crippen LogP contribution in [-0.4, -0.2) is 15.9 Å². The molecule has 2 aromatic rings. The van der Waals surface area contributed by atoms with Crippen LogP contribution >= 0.6 is 0 Å². The Morgan fingerprint density at radius 2 is 2.11 bits per heavy atom. The number of aryl methyl sites for hydroxylation is 2. The van der Waals surface area contributed by atoms with E-state index in [1.165, 1.54) is 36.4 Å². The van der Waals surface area contributed by atoms with Gasteiger partial charge in [-0.3, -0.25) is 9.78 Å². The Balaban J connectivity index is 1.65. The van der Waals surface area contributed by atoms with Crippen molar-refractivity contribution >= 4 is 5.91 Å². The van der Waals surface area contributed by atoms with Gasteiger partial charge in [0.2, 0.25) is 0 Å². The summed E-state index contributed by atoms with van der Waals surface area (Å²) >= 11 is 0. The number of hydrogen-bond donors (Lipinski definition) is 1. The standard InChI is InChI=1S/C15H15N3O/c19-15(14-10-16-6-7-17-14)18-9-11-4-5-12-2-1-3-13(12)8-11/h4-8,10H,1-3,9H2,(H,18,19). The number of hydrogen-bond acceptors (Lipinski definition) is 3. The highest BCUT2D eigenvalue weighted by Gasteiger charge is 2.11. The second-order valence-corrected chi connectivity index (χ2v) is 4.73. The number of carbonyl (C=O) groups excluding carboxylic acids is 1. The Hall–Kier alpha value is -2.23. The van der Waals surface area contributed by atoms with Gasteiger partial charge in [-0.05, 0) is 36.0 Å². The predicted molar refractivity (Wildman–Crippen MR) is 71.7 cm³/mol. The van der Waals surface area contributed by atoms with E-state index in [0.717, 1.165) is 12.0 Å². The molecule has 0 atom stereocenters. The minimum absolute atomic E-state index is 0.186. The molecule has 0 bridgehead atoms. The smallest absolute Gasteiger partial charge is 0.271 e. The highest BCUT2D eigenvalue weighted by molar-refractivity contribution is 5.91. The zero-order valence-electron chi connectivity index (χ0n) is 10.6. The van der Waals surface area contributed by atoms with E-state index < -0.39 is 0 Å². The molecular weight excluding hydrogens is 238 g/mol. The largest absolute Gasteiger partial charge is 0.347 e. The van der Waals surface area contributed by atoms with Crippen molar-refractivity contribution in [1.29, 1.82) is 0 Å². The highest BCUT2D eigenvalue weighted by atomic mass is 16.1. The number of benzene rings is 1. The van der Waals surface area contributed by atoms with Crippen LogP contribution in [0.25, 0.3) is 0 Å². The van der Waals surface area contributed by atoms with Crippen LogP contribution in [0, 0.1) is 0 Å². The minimum Gasteiger partial charge on any atom is -0.347 e. The van der Waals surface area contributed by atoms with Crippen molar-refractivity contribution in [1.82, 2.24) is 15.3 Å². The third-order valence-electron chi connectivity index (χ3n) is 3.41. The average molecular weight is 253 g/mol. The summed E-state index contributed by atoms with van der Waals surface area (Å²) in [6.07, 6.45) is 8.12. The molecule has 1 aliphatic rings. The molecule has 0 radical (unpaired) electrons. The van der Waals surface area contributed by atoms with Gasteiger partial charge in [-0.25, -0.2) is 4.98 Å². The second-order valence-electron chi connectivity index (χ2n) is 4.73. The molecular formula is C15H15N3O. The number of fused-ring (bicyclic) bond motifs is 1. The number of amides is 1. The van der Waals surface area contributed by atoms with Gasteiger partial charge >= 0.3 is 0 Å². The van der Waals surface area contributed by atoms with Crippen LogP contribution in [0.5, 0.6) is 0 Å². The summed E-state index contributed by atoms with van der Waals surface area (Å²) < 4.78 is 0. The highest BCUT2D eigenvalue weighted by Crippen LogP contribution is 2.22. The molecule has 1 aromatic carbocycles. The predicted octanol–water partition coefficient (Wildman–Crippen LogP) is 1.90. The quantitative estimate of drug-likeness (QED) is 0.909. The van der Waals surface area contributed by atoms with E-state index in [1.54, 1.807) is 6.20 Å². The van der Waals surface area contributed by atoms with Gasteiger partial charge in [0, 0.05) is 18.9 Å². The molecule has 19 heavy (non-hydrogen) atoms. The van der Waals surface area contributed by atoms with E-state index in [4.69, 9.17) is 0 Å². The molecule has 1 aliphatic carbocycles. The fourth-order valence-corrected chi connectivity index (χ4v) is 2.42. The fraction of sp³-hybridized carbons (Fsp3) is 0.267. The molecule has 4 nitrogen and oxygen atoms in total. The summed E-state index contributed by atoms with van der Waals surface area (Å²) in [5.74, 6) is -0.186. The molecule has 0 aliphatic heterocycles. The molecule has 1 aromatic heterocycles. The summed E-state index contributed by atoms with van der Waals surface area (Å²) in [5.41, 5.74) is 4.36. The number of rotatable bonds is 3. The van der Waals surface area contributed by atoms with E-state index in [0.29, 0.717) is 12.2 Å².